The largest absolute Gasteiger partial charge is 0.454 e. The molecule has 0 aromatic rings. The van der Waals surface area contributed by atoms with Gasteiger partial charge in [-0.05, 0) is 19.8 Å². The predicted octanol–water partition coefficient (Wildman–Crippen LogP) is -0.276. The highest BCUT2D eigenvalue weighted by Crippen LogP contribution is 2.55. The van der Waals surface area contributed by atoms with Crippen molar-refractivity contribution < 1.29 is 36.5 Å². The molecule has 9 heteroatoms. The van der Waals surface area contributed by atoms with Gasteiger partial charge >= 0.3 is 11.9 Å². The number of rotatable bonds is 5. The number of hydrogen-bond donors (Lipinski definition) is 0. The van der Waals surface area contributed by atoms with Crippen LogP contribution in [0.3, 0.4) is 0 Å². The van der Waals surface area contributed by atoms with Gasteiger partial charge in [0.1, 0.15) is 12.2 Å². The molecule has 0 N–H and O–H groups in total. The summed E-state index contributed by atoms with van der Waals surface area (Å²) in [6.07, 6.45) is -0.480. The minimum absolute atomic E-state index is 0.106. The molecule has 5 unspecified atom stereocenters. The molecule has 1 saturated heterocycles. The average molecular weight is 344 g/mol. The van der Waals surface area contributed by atoms with Crippen LogP contribution in [-0.2, 0) is 38.2 Å². The van der Waals surface area contributed by atoms with E-state index in [2.05, 4.69) is 11.3 Å². The Balaban J connectivity index is 1.58. The Hall–Kier alpha value is -1.74. The summed E-state index contributed by atoms with van der Waals surface area (Å²) in [5.41, 5.74) is 0.106. The van der Waals surface area contributed by atoms with Crippen LogP contribution in [0, 0.1) is 11.8 Å². The van der Waals surface area contributed by atoms with Crippen LogP contribution in [0.5, 0.6) is 0 Å². The van der Waals surface area contributed by atoms with E-state index in [1.165, 1.54) is 6.92 Å². The molecule has 3 aliphatic rings. The van der Waals surface area contributed by atoms with Crippen molar-refractivity contribution in [2.24, 2.45) is 11.8 Å². The van der Waals surface area contributed by atoms with E-state index < -0.39 is 51.9 Å². The summed E-state index contributed by atoms with van der Waals surface area (Å²) in [5, 5.41) is -0.528. The van der Waals surface area contributed by atoms with E-state index in [1.807, 2.05) is 0 Å². The second kappa shape index (κ2) is 5.41. The molecule has 0 aromatic heterocycles. The van der Waals surface area contributed by atoms with Gasteiger partial charge in [-0.25, -0.2) is 9.59 Å². The SMILES string of the molecule is C=C(C)C(=O)OCC(=O)C(=O)OC1C2CC3C1OS(=O)(=O)C3C2. The fraction of sp³-hybridized carbons (Fsp3) is 0.643. The fourth-order valence-electron chi connectivity index (χ4n) is 3.55. The first kappa shape index (κ1) is 16.1. The van der Waals surface area contributed by atoms with Crippen molar-refractivity contribution in [3.8, 4) is 0 Å². The van der Waals surface area contributed by atoms with Crippen molar-refractivity contribution in [2.45, 2.75) is 37.2 Å². The number of hydrogen-bond acceptors (Lipinski definition) is 8. The number of ketones is 1. The van der Waals surface area contributed by atoms with Crippen LogP contribution in [0.1, 0.15) is 19.8 Å². The number of esters is 2. The number of fused-ring (bicyclic) bond motifs is 1. The lowest BCUT2D eigenvalue weighted by Crippen LogP contribution is -2.39. The van der Waals surface area contributed by atoms with Crippen LogP contribution in [0.2, 0.25) is 0 Å². The van der Waals surface area contributed by atoms with Gasteiger partial charge in [0.15, 0.2) is 6.61 Å². The van der Waals surface area contributed by atoms with Gasteiger partial charge in [-0.3, -0.25) is 8.98 Å². The van der Waals surface area contributed by atoms with Crippen molar-refractivity contribution in [3.63, 3.8) is 0 Å². The summed E-state index contributed by atoms with van der Waals surface area (Å²) >= 11 is 0. The Morgan fingerprint density at radius 3 is 2.57 bits per heavy atom. The highest BCUT2D eigenvalue weighted by molar-refractivity contribution is 7.87. The first-order chi connectivity index (χ1) is 10.7. The molecule has 5 atom stereocenters. The number of Topliss-reactive ketones (excluding diaryl/α,β-unsaturated/α-hetero) is 1. The van der Waals surface area contributed by atoms with E-state index in [1.54, 1.807) is 0 Å². The Morgan fingerprint density at radius 1 is 1.22 bits per heavy atom. The molecule has 2 bridgehead atoms. The van der Waals surface area contributed by atoms with E-state index in [0.29, 0.717) is 12.8 Å². The van der Waals surface area contributed by atoms with Gasteiger partial charge in [0.25, 0.3) is 15.9 Å². The van der Waals surface area contributed by atoms with Crippen LogP contribution < -0.4 is 0 Å². The van der Waals surface area contributed by atoms with E-state index >= 15 is 0 Å². The molecule has 126 valence electrons. The molecule has 0 aromatic carbocycles. The van der Waals surface area contributed by atoms with Crippen LogP contribution in [0.15, 0.2) is 12.2 Å². The minimum Gasteiger partial charge on any atom is -0.454 e. The minimum atomic E-state index is -3.61. The molecular weight excluding hydrogens is 328 g/mol. The summed E-state index contributed by atoms with van der Waals surface area (Å²) < 4.78 is 38.3. The maximum atomic E-state index is 11.8. The zero-order valence-electron chi connectivity index (χ0n) is 12.4. The van der Waals surface area contributed by atoms with Crippen LogP contribution in [-0.4, -0.2) is 50.2 Å². The smallest absolute Gasteiger partial charge is 0.378 e. The van der Waals surface area contributed by atoms with Crippen molar-refractivity contribution in [1.29, 1.82) is 0 Å². The lowest BCUT2D eigenvalue weighted by molar-refractivity contribution is -0.165. The monoisotopic (exact) mass is 344 g/mol. The molecule has 3 rings (SSSR count). The summed E-state index contributed by atoms with van der Waals surface area (Å²) in [7, 11) is -3.61. The third kappa shape index (κ3) is 2.67. The molecule has 2 aliphatic carbocycles. The number of carbonyl (C=O) groups excluding carboxylic acids is 3. The highest BCUT2D eigenvalue weighted by Gasteiger charge is 2.65. The summed E-state index contributed by atoms with van der Waals surface area (Å²) in [5.74, 6) is -3.25. The summed E-state index contributed by atoms with van der Waals surface area (Å²) in [4.78, 5) is 34.6. The van der Waals surface area contributed by atoms with Crippen LogP contribution in [0.25, 0.3) is 0 Å². The predicted molar refractivity (Wildman–Crippen MR) is 74.5 cm³/mol. The molecule has 0 spiro atoms. The van der Waals surface area contributed by atoms with Crippen molar-refractivity contribution in [1.82, 2.24) is 0 Å². The Morgan fingerprint density at radius 2 is 1.91 bits per heavy atom. The first-order valence-electron chi connectivity index (χ1n) is 7.19. The Kier molecular flexibility index (Phi) is 3.80. The van der Waals surface area contributed by atoms with Gasteiger partial charge < -0.3 is 9.47 Å². The molecule has 1 aliphatic heterocycles. The molecule has 2 saturated carbocycles. The van der Waals surface area contributed by atoms with Crippen LogP contribution >= 0.6 is 0 Å². The third-order valence-corrected chi connectivity index (χ3v) is 6.34. The zero-order chi connectivity index (χ0) is 16.9. The Labute approximate surface area is 132 Å². The first-order valence-corrected chi connectivity index (χ1v) is 8.66. The molecule has 23 heavy (non-hydrogen) atoms. The zero-order valence-corrected chi connectivity index (χ0v) is 13.2. The number of ether oxygens (including phenoxy) is 2. The van der Waals surface area contributed by atoms with Gasteiger partial charge in [-0.15, -0.1) is 0 Å². The van der Waals surface area contributed by atoms with E-state index in [0.717, 1.165) is 0 Å². The second-order valence-electron chi connectivity index (χ2n) is 6.14. The van der Waals surface area contributed by atoms with Gasteiger partial charge in [-0.2, -0.15) is 8.42 Å². The van der Waals surface area contributed by atoms with E-state index in [4.69, 9.17) is 8.92 Å². The van der Waals surface area contributed by atoms with Gasteiger partial charge in [0, 0.05) is 17.4 Å². The highest BCUT2D eigenvalue weighted by atomic mass is 32.2. The molecule has 1 heterocycles. The van der Waals surface area contributed by atoms with E-state index in [9.17, 15) is 22.8 Å². The maximum absolute atomic E-state index is 11.8. The second-order valence-corrected chi connectivity index (χ2v) is 7.92. The fourth-order valence-corrected chi connectivity index (χ4v) is 5.43. The average Bonchev–Trinajstić information content (AvgIpc) is 3.08. The normalized spacial score (nSPS) is 35.8. The standard InChI is InChI=1S/C14H16O8S/c1-6(2)13(16)20-5-9(15)14(17)21-11-7-3-8-10(4-7)23(18,19)22-12(8)11/h7-8,10-12H,1,3-5H2,2H3. The summed E-state index contributed by atoms with van der Waals surface area (Å²) in [6.45, 7) is 4.02. The van der Waals surface area contributed by atoms with Crippen molar-refractivity contribution in [2.75, 3.05) is 6.61 Å². The molecule has 8 nitrogen and oxygen atoms in total. The quantitative estimate of drug-likeness (QED) is 0.290. The number of carbonyl (C=O) groups is 3. The van der Waals surface area contributed by atoms with Crippen molar-refractivity contribution in [3.05, 3.63) is 12.2 Å². The Bertz CT molecular complexity index is 694. The lowest BCUT2D eigenvalue weighted by atomic mass is 9.94. The van der Waals surface area contributed by atoms with Gasteiger partial charge in [0.05, 0.1) is 5.25 Å². The summed E-state index contributed by atoms with van der Waals surface area (Å²) in [6, 6.07) is 0. The van der Waals surface area contributed by atoms with Gasteiger partial charge in [0.2, 0.25) is 0 Å². The third-order valence-electron chi connectivity index (χ3n) is 4.57. The topological polar surface area (TPSA) is 113 Å². The van der Waals surface area contributed by atoms with Gasteiger partial charge in [-0.1, -0.05) is 6.58 Å². The maximum Gasteiger partial charge on any atom is 0.378 e. The van der Waals surface area contributed by atoms with E-state index in [-0.39, 0.29) is 17.4 Å². The lowest BCUT2D eigenvalue weighted by Gasteiger charge is -2.24. The molecule has 0 radical (unpaired) electrons. The molecule has 0 amide bonds. The molecule has 3 fully saturated rings. The molecular formula is C14H16O8S. The van der Waals surface area contributed by atoms with Crippen molar-refractivity contribution >= 4 is 27.8 Å². The van der Waals surface area contributed by atoms with Crippen LogP contribution in [0.4, 0.5) is 0 Å².